The Labute approximate surface area is 241 Å². The molecule has 0 saturated carbocycles. The lowest BCUT2D eigenvalue weighted by Gasteiger charge is -2.04. The molecule has 0 aliphatic heterocycles. The van der Waals surface area contributed by atoms with Gasteiger partial charge in [0.1, 0.15) is 23.3 Å². The molecule has 208 valence electrons. The molecule has 6 aromatic rings. The molecule has 0 spiro atoms. The highest BCUT2D eigenvalue weighted by Crippen LogP contribution is 2.29. The molecule has 0 saturated heterocycles. The van der Waals surface area contributed by atoms with E-state index in [0.29, 0.717) is 22.3 Å². The number of aromatic amines is 2. The van der Waals surface area contributed by atoms with Gasteiger partial charge < -0.3 is 32.9 Å². The first kappa shape index (κ1) is 27.4. The van der Waals surface area contributed by atoms with Crippen molar-refractivity contribution in [1.29, 1.82) is 21.6 Å². The van der Waals surface area contributed by atoms with E-state index in [1.54, 1.807) is 24.3 Å². The van der Waals surface area contributed by atoms with Crippen molar-refractivity contribution in [3.05, 3.63) is 119 Å². The average molecular weight is 555 g/mol. The summed E-state index contributed by atoms with van der Waals surface area (Å²) < 4.78 is 0. The number of amidine groups is 4. The quantitative estimate of drug-likeness (QED) is 0.103. The lowest BCUT2D eigenvalue weighted by molar-refractivity contribution is 1.40. The number of benzene rings is 4. The van der Waals surface area contributed by atoms with Crippen molar-refractivity contribution in [2.75, 3.05) is 0 Å². The van der Waals surface area contributed by atoms with Crippen LogP contribution in [0.15, 0.2) is 97.1 Å². The smallest absolute Gasteiger partial charge is 0.123 e. The molecule has 6 rings (SSSR count). The van der Waals surface area contributed by atoms with Crippen molar-refractivity contribution in [3.63, 3.8) is 0 Å². The number of nitrogens with two attached hydrogens (primary N) is 4. The summed E-state index contributed by atoms with van der Waals surface area (Å²) in [5.41, 5.74) is 30.3. The van der Waals surface area contributed by atoms with E-state index in [0.717, 1.165) is 44.3 Å². The Morgan fingerprint density at radius 2 is 0.810 bits per heavy atom. The molecule has 0 unspecified atom stereocenters. The van der Waals surface area contributed by atoms with E-state index in [4.69, 9.17) is 44.6 Å². The third kappa shape index (κ3) is 5.45. The topological polar surface area (TPSA) is 231 Å². The van der Waals surface area contributed by atoms with Gasteiger partial charge in [0.15, 0.2) is 0 Å². The molecule has 0 atom stereocenters. The zero-order valence-corrected chi connectivity index (χ0v) is 22.5. The second-order valence-corrected chi connectivity index (χ2v) is 9.72. The molecule has 2 heterocycles. The molecule has 14 N–H and O–H groups in total. The Morgan fingerprint density at radius 1 is 0.452 bits per heavy atom. The number of rotatable bonds is 6. The molecule has 2 aromatic heterocycles. The van der Waals surface area contributed by atoms with Crippen LogP contribution in [0.5, 0.6) is 0 Å². The number of aromatic nitrogens is 2. The number of hydrogen-bond acceptors (Lipinski definition) is 4. The number of fused-ring (bicyclic) bond motifs is 2. The molecule has 4 aromatic carbocycles. The third-order valence-electron chi connectivity index (χ3n) is 6.85. The summed E-state index contributed by atoms with van der Waals surface area (Å²) in [6.07, 6.45) is 0. The predicted octanol–water partition coefficient (Wildman–Crippen LogP) is 4.81. The number of nitrogen functional groups attached to an aromatic ring is 4. The van der Waals surface area contributed by atoms with Crippen LogP contribution in [0.2, 0.25) is 0 Å². The van der Waals surface area contributed by atoms with E-state index in [9.17, 15) is 0 Å². The van der Waals surface area contributed by atoms with Gasteiger partial charge in [0.2, 0.25) is 0 Å². The number of hydrogen-bond donors (Lipinski definition) is 10. The van der Waals surface area contributed by atoms with Gasteiger partial charge in [-0.25, -0.2) is 0 Å². The fraction of sp³-hybridized carbons (Fsp3) is 0. The summed E-state index contributed by atoms with van der Waals surface area (Å²) in [7, 11) is 0. The molecule has 0 aliphatic carbocycles. The molecule has 10 heteroatoms. The average Bonchev–Trinajstić information content (AvgIpc) is 3.62. The van der Waals surface area contributed by atoms with E-state index in [1.807, 2.05) is 72.8 Å². The van der Waals surface area contributed by atoms with Crippen LogP contribution in [0, 0.1) is 21.6 Å². The Bertz CT molecular complexity index is 1840. The van der Waals surface area contributed by atoms with Gasteiger partial charge in [0, 0.05) is 55.4 Å². The highest BCUT2D eigenvalue weighted by atomic mass is 14.8. The normalized spacial score (nSPS) is 10.7. The maximum absolute atomic E-state index is 7.72. The number of H-pyrrole nitrogens is 2. The van der Waals surface area contributed by atoms with Gasteiger partial charge in [-0.1, -0.05) is 60.7 Å². The van der Waals surface area contributed by atoms with Crippen molar-refractivity contribution < 1.29 is 0 Å². The minimum absolute atomic E-state index is 0.0401. The van der Waals surface area contributed by atoms with E-state index >= 15 is 0 Å². The molecular formula is C32H30N10. The van der Waals surface area contributed by atoms with Crippen LogP contribution < -0.4 is 22.9 Å². The summed E-state index contributed by atoms with van der Waals surface area (Å²) in [5.74, 6) is -0.172. The van der Waals surface area contributed by atoms with Crippen LogP contribution in [0.1, 0.15) is 22.3 Å². The van der Waals surface area contributed by atoms with E-state index < -0.39 is 0 Å². The van der Waals surface area contributed by atoms with Gasteiger partial charge in [0.05, 0.1) is 0 Å². The summed E-state index contributed by atoms with van der Waals surface area (Å²) in [4.78, 5) is 6.60. The zero-order valence-electron chi connectivity index (χ0n) is 22.5. The number of nitrogens with one attached hydrogen (secondary N) is 6. The Balaban J connectivity index is 0.000000168. The Hall–Kier alpha value is -6.16. The van der Waals surface area contributed by atoms with Crippen molar-refractivity contribution in [1.82, 2.24) is 9.97 Å². The van der Waals surface area contributed by atoms with Gasteiger partial charge in [-0.05, 0) is 47.5 Å². The highest BCUT2D eigenvalue weighted by Gasteiger charge is 2.13. The van der Waals surface area contributed by atoms with Crippen LogP contribution in [0.3, 0.4) is 0 Å². The van der Waals surface area contributed by atoms with Crippen LogP contribution in [0.25, 0.3) is 44.3 Å². The first-order valence-electron chi connectivity index (χ1n) is 12.9. The lowest BCUT2D eigenvalue weighted by Crippen LogP contribution is -2.15. The maximum Gasteiger partial charge on any atom is 0.123 e. The van der Waals surface area contributed by atoms with E-state index in [-0.39, 0.29) is 23.3 Å². The third-order valence-corrected chi connectivity index (χ3v) is 6.85. The summed E-state index contributed by atoms with van der Waals surface area (Å²) in [5, 5.41) is 32.3. The SMILES string of the molecule is N=C(N)c1cc(C(=N)N)c2cc(-c3ccccc3)[nH]c2c1.N=C(N)c1cc(C(=N)N)c2cc(-c3ccccc3)[nH]c2c1. The van der Waals surface area contributed by atoms with Crippen LogP contribution in [0.4, 0.5) is 0 Å². The van der Waals surface area contributed by atoms with Crippen molar-refractivity contribution in [3.8, 4) is 22.5 Å². The second-order valence-electron chi connectivity index (χ2n) is 9.72. The van der Waals surface area contributed by atoms with Gasteiger partial charge in [-0.2, -0.15) is 0 Å². The first-order chi connectivity index (χ1) is 20.1. The first-order valence-corrected chi connectivity index (χ1v) is 12.9. The van der Waals surface area contributed by atoms with Crippen LogP contribution in [-0.4, -0.2) is 33.3 Å². The van der Waals surface area contributed by atoms with Gasteiger partial charge >= 0.3 is 0 Å². The van der Waals surface area contributed by atoms with Gasteiger partial charge in [0.25, 0.3) is 0 Å². The van der Waals surface area contributed by atoms with Gasteiger partial charge in [-0.15, -0.1) is 0 Å². The Morgan fingerprint density at radius 3 is 1.12 bits per heavy atom. The standard InChI is InChI=1S/2C16H15N5/c2*17-15(18)10-6-12(16(19)20)11-8-13(21-14(11)7-10)9-4-2-1-3-5-9/h2*1-8,21H,(H3,17,18)(H3,19,20). The van der Waals surface area contributed by atoms with Gasteiger partial charge in [-0.3, -0.25) is 21.6 Å². The minimum Gasteiger partial charge on any atom is -0.384 e. The minimum atomic E-state index is -0.0461. The fourth-order valence-electron chi connectivity index (χ4n) is 4.78. The molecule has 0 aliphatic rings. The molecule has 0 fully saturated rings. The second kappa shape index (κ2) is 11.1. The molecule has 0 radical (unpaired) electrons. The van der Waals surface area contributed by atoms with Crippen LogP contribution >= 0.6 is 0 Å². The predicted molar refractivity (Wildman–Crippen MR) is 172 cm³/mol. The lowest BCUT2D eigenvalue weighted by atomic mass is 10.0. The van der Waals surface area contributed by atoms with Crippen LogP contribution in [-0.2, 0) is 0 Å². The van der Waals surface area contributed by atoms with E-state index in [1.165, 1.54) is 0 Å². The monoisotopic (exact) mass is 554 g/mol. The largest absolute Gasteiger partial charge is 0.384 e. The molecule has 0 amide bonds. The van der Waals surface area contributed by atoms with Crippen molar-refractivity contribution in [2.24, 2.45) is 22.9 Å². The Kier molecular flexibility index (Phi) is 7.27. The summed E-state index contributed by atoms with van der Waals surface area (Å²) in [6, 6.07) is 30.7. The molecule has 42 heavy (non-hydrogen) atoms. The zero-order chi connectivity index (χ0) is 30.0. The van der Waals surface area contributed by atoms with E-state index in [2.05, 4.69) is 9.97 Å². The maximum atomic E-state index is 7.72. The summed E-state index contributed by atoms with van der Waals surface area (Å²) >= 11 is 0. The molecule has 10 nitrogen and oxygen atoms in total. The fourth-order valence-corrected chi connectivity index (χ4v) is 4.78. The summed E-state index contributed by atoms with van der Waals surface area (Å²) in [6.45, 7) is 0. The highest BCUT2D eigenvalue weighted by molar-refractivity contribution is 6.12. The van der Waals surface area contributed by atoms with Crippen molar-refractivity contribution in [2.45, 2.75) is 0 Å². The molecular weight excluding hydrogens is 524 g/mol. The molecule has 0 bridgehead atoms. The van der Waals surface area contributed by atoms with Crippen molar-refractivity contribution >= 4 is 45.1 Å².